The van der Waals surface area contributed by atoms with Gasteiger partial charge in [-0.1, -0.05) is 29.8 Å². The third-order valence-electron chi connectivity index (χ3n) is 5.85. The molecule has 0 radical (unpaired) electrons. The normalized spacial score (nSPS) is 18.0. The molecule has 11 heteroatoms. The van der Waals surface area contributed by atoms with Crippen molar-refractivity contribution in [1.29, 1.82) is 0 Å². The monoisotopic (exact) mass is 505 g/mol. The van der Waals surface area contributed by atoms with E-state index in [-0.39, 0.29) is 24.4 Å². The second-order valence-electron chi connectivity index (χ2n) is 7.89. The molecular formula is C23H25Cl2N5O4. The fourth-order valence-electron chi connectivity index (χ4n) is 4.02. The van der Waals surface area contributed by atoms with E-state index in [2.05, 4.69) is 27.0 Å². The van der Waals surface area contributed by atoms with Crippen molar-refractivity contribution < 1.29 is 19.0 Å². The molecule has 0 saturated carbocycles. The first-order chi connectivity index (χ1) is 16.4. The predicted molar refractivity (Wildman–Crippen MR) is 129 cm³/mol. The molecule has 180 valence electrons. The van der Waals surface area contributed by atoms with Gasteiger partial charge in [-0.3, -0.25) is 9.48 Å². The number of halogens is 2. The van der Waals surface area contributed by atoms with Crippen LogP contribution in [0.25, 0.3) is 11.0 Å². The molecule has 1 amide bonds. The SMILES string of the molecule is C=CC(=O)NC1CCOCC1Cc1ncc2c(cnn2Cc2c(Cl)c(OC)cc(OC)c2Cl)n1. The van der Waals surface area contributed by atoms with Crippen molar-refractivity contribution in [2.75, 3.05) is 27.4 Å². The van der Waals surface area contributed by atoms with Gasteiger partial charge in [0.25, 0.3) is 0 Å². The second kappa shape index (κ2) is 10.6. The molecule has 2 unspecified atom stereocenters. The Morgan fingerprint density at radius 1 is 1.29 bits per heavy atom. The molecule has 2 atom stereocenters. The molecule has 4 rings (SSSR count). The number of carbonyl (C=O) groups is 1. The Morgan fingerprint density at radius 2 is 2.03 bits per heavy atom. The minimum atomic E-state index is -0.193. The van der Waals surface area contributed by atoms with Gasteiger partial charge in [0.05, 0.1) is 49.8 Å². The Bertz CT molecular complexity index is 1190. The lowest BCUT2D eigenvalue weighted by molar-refractivity contribution is -0.118. The molecule has 2 aromatic heterocycles. The van der Waals surface area contributed by atoms with Crippen molar-refractivity contribution >= 4 is 40.1 Å². The number of nitrogens with zero attached hydrogens (tertiary/aromatic N) is 4. The standard InChI is InChI=1S/C23H25Cl2N5O4/c1-4-21(31)29-15-5-6-34-12-13(15)7-20-26-10-17-16(28-20)9-27-30(17)11-14-22(24)18(32-2)8-19(33-3)23(14)25/h4,8-10,13,15H,1,5-7,11-12H2,2-3H3,(H,29,31). The molecule has 1 aliphatic rings. The summed E-state index contributed by atoms with van der Waals surface area (Å²) >= 11 is 13.0. The topological polar surface area (TPSA) is 100 Å². The molecule has 9 nitrogen and oxygen atoms in total. The number of fused-ring (bicyclic) bond motifs is 1. The van der Waals surface area contributed by atoms with Gasteiger partial charge in [-0.15, -0.1) is 0 Å². The lowest BCUT2D eigenvalue weighted by Gasteiger charge is -2.31. The van der Waals surface area contributed by atoms with Crippen molar-refractivity contribution in [3.63, 3.8) is 0 Å². The summed E-state index contributed by atoms with van der Waals surface area (Å²) in [6.45, 7) is 4.93. The number of methoxy groups -OCH3 is 2. The Hall–Kier alpha value is -2.88. The number of aromatic nitrogens is 4. The van der Waals surface area contributed by atoms with E-state index >= 15 is 0 Å². The Labute approximate surface area is 207 Å². The highest BCUT2D eigenvalue weighted by Gasteiger charge is 2.28. The fourth-order valence-corrected chi connectivity index (χ4v) is 4.64. The van der Waals surface area contributed by atoms with Gasteiger partial charge >= 0.3 is 0 Å². The van der Waals surface area contributed by atoms with Gasteiger partial charge in [0.15, 0.2) is 0 Å². The summed E-state index contributed by atoms with van der Waals surface area (Å²) in [7, 11) is 3.06. The molecule has 0 aliphatic carbocycles. The number of nitrogens with one attached hydrogen (secondary N) is 1. The van der Waals surface area contributed by atoms with Gasteiger partial charge in [-0.2, -0.15) is 5.10 Å². The molecule has 1 aliphatic heterocycles. The summed E-state index contributed by atoms with van der Waals surface area (Å²) in [4.78, 5) is 21.0. The van der Waals surface area contributed by atoms with Crippen molar-refractivity contribution in [1.82, 2.24) is 25.1 Å². The summed E-state index contributed by atoms with van der Waals surface area (Å²) in [6, 6.07) is 1.62. The molecular weight excluding hydrogens is 481 g/mol. The number of amides is 1. The van der Waals surface area contributed by atoms with Crippen LogP contribution in [-0.4, -0.2) is 59.1 Å². The molecule has 1 saturated heterocycles. The zero-order valence-corrected chi connectivity index (χ0v) is 20.4. The van der Waals surface area contributed by atoms with Gasteiger partial charge in [-0.05, 0) is 12.5 Å². The zero-order valence-electron chi connectivity index (χ0n) is 18.9. The van der Waals surface area contributed by atoms with Crippen LogP contribution in [0.5, 0.6) is 11.5 Å². The van der Waals surface area contributed by atoms with Crippen LogP contribution >= 0.6 is 23.2 Å². The van der Waals surface area contributed by atoms with Gasteiger partial charge in [0.1, 0.15) is 28.4 Å². The van der Waals surface area contributed by atoms with E-state index in [1.54, 1.807) is 23.1 Å². The quantitative estimate of drug-likeness (QED) is 0.467. The van der Waals surface area contributed by atoms with Gasteiger partial charge < -0.3 is 19.5 Å². The van der Waals surface area contributed by atoms with Crippen LogP contribution in [0, 0.1) is 5.92 Å². The lowest BCUT2D eigenvalue weighted by atomic mass is 9.92. The third-order valence-corrected chi connectivity index (χ3v) is 6.68. The van der Waals surface area contributed by atoms with Gasteiger partial charge in [0.2, 0.25) is 5.91 Å². The minimum Gasteiger partial charge on any atom is -0.495 e. The first kappa shape index (κ1) is 24.3. The third kappa shape index (κ3) is 4.96. The van der Waals surface area contributed by atoms with Crippen LogP contribution in [0.4, 0.5) is 0 Å². The highest BCUT2D eigenvalue weighted by molar-refractivity contribution is 6.37. The zero-order chi connectivity index (χ0) is 24.2. The van der Waals surface area contributed by atoms with Crippen LogP contribution in [-0.2, 0) is 22.5 Å². The highest BCUT2D eigenvalue weighted by atomic mass is 35.5. The van der Waals surface area contributed by atoms with E-state index in [1.165, 1.54) is 20.3 Å². The average Bonchev–Trinajstić information content (AvgIpc) is 3.25. The smallest absolute Gasteiger partial charge is 0.243 e. The van der Waals surface area contributed by atoms with Gasteiger partial charge in [0, 0.05) is 36.6 Å². The number of benzene rings is 1. The summed E-state index contributed by atoms with van der Waals surface area (Å²) < 4.78 is 18.0. The summed E-state index contributed by atoms with van der Waals surface area (Å²) in [5.41, 5.74) is 2.04. The molecule has 0 bridgehead atoms. The predicted octanol–water partition coefficient (Wildman–Crippen LogP) is 3.45. The second-order valence-corrected chi connectivity index (χ2v) is 8.65. The molecule has 1 N–H and O–H groups in total. The van der Waals surface area contributed by atoms with Crippen molar-refractivity contribution in [2.24, 2.45) is 5.92 Å². The summed E-state index contributed by atoms with van der Waals surface area (Å²) in [5.74, 6) is 1.44. The maximum Gasteiger partial charge on any atom is 0.243 e. The average molecular weight is 506 g/mol. The number of hydrogen-bond acceptors (Lipinski definition) is 7. The van der Waals surface area contributed by atoms with Crippen LogP contribution in [0.15, 0.2) is 31.1 Å². The van der Waals surface area contributed by atoms with Crippen molar-refractivity contribution in [3.05, 3.63) is 52.5 Å². The van der Waals surface area contributed by atoms with E-state index in [1.807, 2.05) is 0 Å². The molecule has 34 heavy (non-hydrogen) atoms. The van der Waals surface area contributed by atoms with Crippen LogP contribution in [0.2, 0.25) is 10.0 Å². The number of ether oxygens (including phenoxy) is 3. The highest BCUT2D eigenvalue weighted by Crippen LogP contribution is 2.40. The Balaban J connectivity index is 1.57. The van der Waals surface area contributed by atoms with E-state index in [4.69, 9.17) is 37.4 Å². The molecule has 1 fully saturated rings. The van der Waals surface area contributed by atoms with Gasteiger partial charge in [-0.25, -0.2) is 9.97 Å². The number of carbonyl (C=O) groups excluding carboxylic acids is 1. The van der Waals surface area contributed by atoms with E-state index < -0.39 is 0 Å². The minimum absolute atomic E-state index is 0.0198. The molecule has 3 aromatic rings. The molecule has 3 heterocycles. The first-order valence-corrected chi connectivity index (χ1v) is 11.5. The van der Waals surface area contributed by atoms with Crippen molar-refractivity contribution in [3.8, 4) is 11.5 Å². The van der Waals surface area contributed by atoms with E-state index in [9.17, 15) is 4.79 Å². The largest absolute Gasteiger partial charge is 0.495 e. The summed E-state index contributed by atoms with van der Waals surface area (Å²) in [6.07, 6.45) is 5.97. The number of rotatable bonds is 8. The Kier molecular flexibility index (Phi) is 7.55. The summed E-state index contributed by atoms with van der Waals surface area (Å²) in [5, 5.41) is 8.22. The number of hydrogen-bond donors (Lipinski definition) is 1. The van der Waals surface area contributed by atoms with E-state index in [0.29, 0.717) is 58.1 Å². The maximum absolute atomic E-state index is 11.8. The Morgan fingerprint density at radius 3 is 2.71 bits per heavy atom. The van der Waals surface area contributed by atoms with Crippen LogP contribution in [0.3, 0.4) is 0 Å². The molecule has 1 aromatic carbocycles. The van der Waals surface area contributed by atoms with Crippen LogP contribution < -0.4 is 14.8 Å². The maximum atomic E-state index is 11.8. The first-order valence-electron chi connectivity index (χ1n) is 10.7. The van der Waals surface area contributed by atoms with Crippen LogP contribution in [0.1, 0.15) is 17.8 Å². The van der Waals surface area contributed by atoms with Crippen molar-refractivity contribution in [2.45, 2.75) is 25.4 Å². The fraction of sp³-hybridized carbons (Fsp3) is 0.391. The lowest BCUT2D eigenvalue weighted by Crippen LogP contribution is -2.46. The molecule has 0 spiro atoms. The van der Waals surface area contributed by atoms with E-state index in [0.717, 1.165) is 11.9 Å².